The first-order valence-electron chi connectivity index (χ1n) is 7.31. The Kier molecular flexibility index (Phi) is 3.40. The third-order valence-electron chi connectivity index (χ3n) is 5.02. The largest absolute Gasteiger partial charge is 0.330 e. The second kappa shape index (κ2) is 5.02. The van der Waals surface area contributed by atoms with Gasteiger partial charge in [-0.05, 0) is 55.3 Å². The summed E-state index contributed by atoms with van der Waals surface area (Å²) in [6, 6.07) is 8.88. The summed E-state index contributed by atoms with van der Waals surface area (Å²) in [5, 5.41) is 0. The molecule has 2 N–H and O–H groups in total. The first-order valence-corrected chi connectivity index (χ1v) is 7.31. The van der Waals surface area contributed by atoms with Gasteiger partial charge in [0.15, 0.2) is 0 Å². The minimum atomic E-state index is 0.497. The van der Waals surface area contributed by atoms with Gasteiger partial charge in [-0.2, -0.15) is 0 Å². The quantitative estimate of drug-likeness (QED) is 0.882. The van der Waals surface area contributed by atoms with Crippen molar-refractivity contribution in [1.29, 1.82) is 0 Å². The highest BCUT2D eigenvalue weighted by Crippen LogP contribution is 2.43. The Hall–Kier alpha value is -0.860. The van der Waals surface area contributed by atoms with Crippen molar-refractivity contribution in [1.82, 2.24) is 4.90 Å². The Morgan fingerprint density at radius 2 is 1.94 bits per heavy atom. The van der Waals surface area contributed by atoms with E-state index >= 15 is 0 Å². The van der Waals surface area contributed by atoms with Crippen molar-refractivity contribution in [2.24, 2.45) is 11.1 Å². The minimum Gasteiger partial charge on any atom is -0.330 e. The van der Waals surface area contributed by atoms with Crippen LogP contribution in [0.15, 0.2) is 24.3 Å². The van der Waals surface area contributed by atoms with E-state index in [0.29, 0.717) is 5.41 Å². The van der Waals surface area contributed by atoms with Crippen molar-refractivity contribution in [3.8, 4) is 0 Å². The smallest absolute Gasteiger partial charge is 0.0236 e. The van der Waals surface area contributed by atoms with Gasteiger partial charge in [0.05, 0.1) is 0 Å². The highest BCUT2D eigenvalue weighted by atomic mass is 15.1. The molecule has 0 saturated heterocycles. The van der Waals surface area contributed by atoms with E-state index in [2.05, 4.69) is 29.2 Å². The lowest BCUT2D eigenvalue weighted by atomic mass is 9.66. The summed E-state index contributed by atoms with van der Waals surface area (Å²) in [7, 11) is 0. The Labute approximate surface area is 110 Å². The Balaban J connectivity index is 1.56. The van der Waals surface area contributed by atoms with Crippen LogP contribution in [0, 0.1) is 5.41 Å². The second-order valence-electron chi connectivity index (χ2n) is 6.10. The minimum absolute atomic E-state index is 0.497. The van der Waals surface area contributed by atoms with Gasteiger partial charge < -0.3 is 5.73 Å². The summed E-state index contributed by atoms with van der Waals surface area (Å²) >= 11 is 0. The zero-order valence-corrected chi connectivity index (χ0v) is 11.2. The van der Waals surface area contributed by atoms with Crippen molar-refractivity contribution in [3.63, 3.8) is 0 Å². The van der Waals surface area contributed by atoms with Crippen LogP contribution in [0.5, 0.6) is 0 Å². The standard InChI is InChI=1S/C16H24N2/c17-13-16(7-3-8-16)9-11-18-10-6-14-4-1-2-5-15(14)12-18/h1-2,4-5H,3,6-13,17H2. The van der Waals surface area contributed by atoms with Crippen LogP contribution in [0.1, 0.15) is 36.8 Å². The highest BCUT2D eigenvalue weighted by molar-refractivity contribution is 5.29. The molecule has 0 unspecified atom stereocenters. The second-order valence-corrected chi connectivity index (χ2v) is 6.10. The van der Waals surface area contributed by atoms with E-state index in [4.69, 9.17) is 5.73 Å². The van der Waals surface area contributed by atoms with E-state index in [-0.39, 0.29) is 0 Å². The van der Waals surface area contributed by atoms with Crippen LogP contribution >= 0.6 is 0 Å². The monoisotopic (exact) mass is 244 g/mol. The van der Waals surface area contributed by atoms with E-state index in [9.17, 15) is 0 Å². The molecule has 1 saturated carbocycles. The number of nitrogens with two attached hydrogens (primary N) is 1. The molecular formula is C16H24N2. The van der Waals surface area contributed by atoms with E-state index in [0.717, 1.165) is 13.1 Å². The molecule has 1 aromatic rings. The van der Waals surface area contributed by atoms with Gasteiger partial charge in [0, 0.05) is 13.1 Å². The predicted octanol–water partition coefficient (Wildman–Crippen LogP) is 2.56. The molecule has 1 aliphatic heterocycles. The fraction of sp³-hybridized carbons (Fsp3) is 0.625. The van der Waals surface area contributed by atoms with Gasteiger partial charge in [0.2, 0.25) is 0 Å². The number of hydrogen-bond acceptors (Lipinski definition) is 2. The summed E-state index contributed by atoms with van der Waals surface area (Å²) in [5.41, 5.74) is 9.51. The summed E-state index contributed by atoms with van der Waals surface area (Å²) in [6.45, 7) is 4.47. The van der Waals surface area contributed by atoms with Crippen LogP contribution in [-0.2, 0) is 13.0 Å². The molecule has 3 rings (SSSR count). The van der Waals surface area contributed by atoms with E-state index in [1.807, 2.05) is 0 Å². The third-order valence-corrected chi connectivity index (χ3v) is 5.02. The molecule has 0 aromatic heterocycles. The lowest BCUT2D eigenvalue weighted by molar-refractivity contribution is 0.102. The molecule has 18 heavy (non-hydrogen) atoms. The van der Waals surface area contributed by atoms with Crippen LogP contribution in [0.3, 0.4) is 0 Å². The molecule has 0 spiro atoms. The highest BCUT2D eigenvalue weighted by Gasteiger charge is 2.35. The summed E-state index contributed by atoms with van der Waals surface area (Å²) in [6.07, 6.45) is 6.61. The van der Waals surface area contributed by atoms with Crippen molar-refractivity contribution in [3.05, 3.63) is 35.4 Å². The Morgan fingerprint density at radius 1 is 1.17 bits per heavy atom. The molecule has 2 aliphatic rings. The van der Waals surface area contributed by atoms with Crippen molar-refractivity contribution in [2.45, 2.75) is 38.6 Å². The zero-order chi connectivity index (χ0) is 12.4. The molecule has 1 fully saturated rings. The molecule has 0 bridgehead atoms. The van der Waals surface area contributed by atoms with Crippen LogP contribution in [0.2, 0.25) is 0 Å². The lowest BCUT2D eigenvalue weighted by Crippen LogP contribution is -2.41. The van der Waals surface area contributed by atoms with Gasteiger partial charge in [-0.25, -0.2) is 0 Å². The van der Waals surface area contributed by atoms with Crippen LogP contribution < -0.4 is 5.73 Å². The number of fused-ring (bicyclic) bond motifs is 1. The van der Waals surface area contributed by atoms with Crippen molar-refractivity contribution >= 4 is 0 Å². The van der Waals surface area contributed by atoms with Crippen LogP contribution in [0.25, 0.3) is 0 Å². The normalized spacial score (nSPS) is 22.3. The topological polar surface area (TPSA) is 29.3 Å². The van der Waals surface area contributed by atoms with Gasteiger partial charge in [-0.3, -0.25) is 4.90 Å². The first-order chi connectivity index (χ1) is 8.81. The Morgan fingerprint density at radius 3 is 2.61 bits per heavy atom. The molecule has 1 heterocycles. The first kappa shape index (κ1) is 12.2. The van der Waals surface area contributed by atoms with Gasteiger partial charge in [0.25, 0.3) is 0 Å². The molecule has 2 nitrogen and oxygen atoms in total. The van der Waals surface area contributed by atoms with E-state index in [1.54, 1.807) is 5.56 Å². The average molecular weight is 244 g/mol. The summed E-state index contributed by atoms with van der Waals surface area (Å²) < 4.78 is 0. The molecule has 1 aromatic carbocycles. The van der Waals surface area contributed by atoms with Gasteiger partial charge >= 0.3 is 0 Å². The fourth-order valence-electron chi connectivity index (χ4n) is 3.37. The van der Waals surface area contributed by atoms with Crippen LogP contribution in [-0.4, -0.2) is 24.5 Å². The number of nitrogens with zero attached hydrogens (tertiary/aromatic N) is 1. The van der Waals surface area contributed by atoms with Gasteiger partial charge in [0.1, 0.15) is 0 Å². The molecule has 98 valence electrons. The van der Waals surface area contributed by atoms with Crippen molar-refractivity contribution in [2.75, 3.05) is 19.6 Å². The maximum Gasteiger partial charge on any atom is 0.0236 e. The molecule has 0 amide bonds. The van der Waals surface area contributed by atoms with Gasteiger partial charge in [-0.15, -0.1) is 0 Å². The number of benzene rings is 1. The number of rotatable bonds is 4. The van der Waals surface area contributed by atoms with E-state index in [1.165, 1.54) is 50.8 Å². The maximum absolute atomic E-state index is 5.94. The van der Waals surface area contributed by atoms with E-state index < -0.39 is 0 Å². The summed E-state index contributed by atoms with van der Waals surface area (Å²) in [5.74, 6) is 0. The lowest BCUT2D eigenvalue weighted by Gasteiger charge is -2.42. The predicted molar refractivity (Wildman–Crippen MR) is 75.4 cm³/mol. The summed E-state index contributed by atoms with van der Waals surface area (Å²) in [4.78, 5) is 2.61. The molecule has 1 aliphatic carbocycles. The Bertz CT molecular complexity index is 404. The maximum atomic E-state index is 5.94. The molecule has 2 heteroatoms. The van der Waals surface area contributed by atoms with Gasteiger partial charge in [-0.1, -0.05) is 30.7 Å². The third kappa shape index (κ3) is 2.32. The van der Waals surface area contributed by atoms with Crippen LogP contribution in [0.4, 0.5) is 0 Å². The van der Waals surface area contributed by atoms with Crippen molar-refractivity contribution < 1.29 is 0 Å². The molecule has 0 radical (unpaired) electrons. The molecular weight excluding hydrogens is 220 g/mol. The number of hydrogen-bond donors (Lipinski definition) is 1. The SMILES string of the molecule is NCC1(CCN2CCc3ccccc3C2)CCC1. The zero-order valence-electron chi connectivity index (χ0n) is 11.2. The average Bonchev–Trinajstić information content (AvgIpc) is 2.38. The fourth-order valence-corrected chi connectivity index (χ4v) is 3.37. The molecule has 0 atom stereocenters.